The fourth-order valence-corrected chi connectivity index (χ4v) is 3.18. The summed E-state index contributed by atoms with van der Waals surface area (Å²) in [6.45, 7) is 9.46. The molecule has 1 saturated heterocycles. The molecule has 0 saturated carbocycles. The van der Waals surface area contributed by atoms with Gasteiger partial charge in [-0.25, -0.2) is 0 Å². The summed E-state index contributed by atoms with van der Waals surface area (Å²) in [4.78, 5) is 18.5. The number of benzene rings is 1. The molecule has 4 N–H and O–H groups in total. The van der Waals surface area contributed by atoms with Crippen LogP contribution in [0.15, 0.2) is 23.2 Å². The lowest BCUT2D eigenvalue weighted by atomic mass is 9.93. The Morgan fingerprint density at radius 2 is 1.90 bits per heavy atom. The molecule has 1 fully saturated rings. The zero-order chi connectivity index (χ0) is 21.4. The van der Waals surface area contributed by atoms with E-state index in [1.54, 1.807) is 14.2 Å². The number of hydrogen-bond acceptors (Lipinski definition) is 5. The molecule has 8 nitrogen and oxygen atoms in total. The number of carbonyl (C=O) groups excluding carboxylic acids is 1. The number of aliphatic imine (C=N–C) groups is 1. The average molecular weight is 533 g/mol. The van der Waals surface area contributed by atoms with Crippen LogP contribution in [0, 0.1) is 5.41 Å². The third kappa shape index (κ3) is 7.82. The highest BCUT2D eigenvalue weighted by Crippen LogP contribution is 2.24. The minimum Gasteiger partial charge on any atom is -0.497 e. The van der Waals surface area contributed by atoms with Gasteiger partial charge in [0, 0.05) is 38.3 Å². The molecule has 1 aromatic rings. The summed E-state index contributed by atoms with van der Waals surface area (Å²) in [6.07, 6.45) is 1.02. The van der Waals surface area contributed by atoms with Gasteiger partial charge in [-0.3, -0.25) is 14.7 Å². The number of hydrogen-bond donors (Lipinski definition) is 3. The zero-order valence-corrected chi connectivity index (χ0v) is 21.0. The van der Waals surface area contributed by atoms with Crippen LogP contribution >= 0.6 is 24.0 Å². The number of likely N-dealkylation sites (tertiary alicyclic amines) is 1. The molecule has 0 radical (unpaired) electrons. The van der Waals surface area contributed by atoms with E-state index in [0.717, 1.165) is 55.6 Å². The van der Waals surface area contributed by atoms with Gasteiger partial charge in [0.15, 0.2) is 5.96 Å². The maximum atomic E-state index is 11.5. The first-order chi connectivity index (χ1) is 13.8. The standard InChI is InChI=1S/C21H35N5O3.HI/c1-6-23-20(24-14-21(2,3)19(22)27)25-16-7-8-26(13-16)12-15-9-17(28-4)11-18(10-15)29-5;/h9-11,16H,6-8,12-14H2,1-5H3,(H2,22,27)(H2,23,24,25);1H. The summed E-state index contributed by atoms with van der Waals surface area (Å²) in [7, 11) is 3.32. The normalized spacial score (nSPS) is 17.2. The number of methoxy groups -OCH3 is 2. The molecular weight excluding hydrogens is 497 g/mol. The highest BCUT2D eigenvalue weighted by atomic mass is 127. The number of guanidine groups is 1. The fraction of sp³-hybridized carbons (Fsp3) is 0.619. The second-order valence-electron chi connectivity index (χ2n) is 8.03. The van der Waals surface area contributed by atoms with Crippen molar-refractivity contribution in [1.29, 1.82) is 0 Å². The zero-order valence-electron chi connectivity index (χ0n) is 18.7. The van der Waals surface area contributed by atoms with E-state index in [9.17, 15) is 4.79 Å². The maximum Gasteiger partial charge on any atom is 0.224 e. The summed E-state index contributed by atoms with van der Waals surface area (Å²) in [5.74, 6) is 1.97. The van der Waals surface area contributed by atoms with Gasteiger partial charge in [0.2, 0.25) is 5.91 Å². The Morgan fingerprint density at radius 3 is 2.43 bits per heavy atom. The van der Waals surface area contributed by atoms with Gasteiger partial charge >= 0.3 is 0 Å². The van der Waals surface area contributed by atoms with E-state index in [1.807, 2.05) is 39.0 Å². The van der Waals surface area contributed by atoms with Gasteiger partial charge in [0.1, 0.15) is 11.5 Å². The lowest BCUT2D eigenvalue weighted by Gasteiger charge is -2.21. The number of ether oxygens (including phenoxy) is 2. The summed E-state index contributed by atoms with van der Waals surface area (Å²) >= 11 is 0. The monoisotopic (exact) mass is 533 g/mol. The quantitative estimate of drug-likeness (QED) is 0.255. The first kappa shape index (κ1) is 26.3. The molecule has 0 aromatic heterocycles. The van der Waals surface area contributed by atoms with E-state index in [1.165, 1.54) is 0 Å². The molecule has 30 heavy (non-hydrogen) atoms. The molecular formula is C21H36IN5O3. The highest BCUT2D eigenvalue weighted by molar-refractivity contribution is 14.0. The molecule has 2 rings (SSSR count). The van der Waals surface area contributed by atoms with Crippen molar-refractivity contribution in [2.24, 2.45) is 16.1 Å². The summed E-state index contributed by atoms with van der Waals surface area (Å²) in [5.41, 5.74) is 5.94. The highest BCUT2D eigenvalue weighted by Gasteiger charge is 2.26. The van der Waals surface area contributed by atoms with E-state index >= 15 is 0 Å². The SMILES string of the molecule is CCNC(=NCC(C)(C)C(N)=O)NC1CCN(Cc2cc(OC)cc(OC)c2)C1.I. The number of amides is 1. The summed E-state index contributed by atoms with van der Waals surface area (Å²) in [5, 5.41) is 6.74. The third-order valence-electron chi connectivity index (χ3n) is 5.07. The van der Waals surface area contributed by atoms with Crippen molar-refractivity contribution in [1.82, 2.24) is 15.5 Å². The minimum absolute atomic E-state index is 0. The molecule has 1 atom stereocenters. The number of nitrogens with one attached hydrogen (secondary N) is 2. The van der Waals surface area contributed by atoms with Crippen molar-refractivity contribution in [2.75, 3.05) is 40.4 Å². The summed E-state index contributed by atoms with van der Waals surface area (Å²) in [6, 6.07) is 6.25. The van der Waals surface area contributed by atoms with E-state index in [-0.39, 0.29) is 35.9 Å². The molecule has 0 bridgehead atoms. The molecule has 9 heteroatoms. The van der Waals surface area contributed by atoms with Gasteiger partial charge in [-0.15, -0.1) is 24.0 Å². The molecule has 1 aliphatic heterocycles. The van der Waals surface area contributed by atoms with Crippen molar-refractivity contribution in [3.8, 4) is 11.5 Å². The average Bonchev–Trinajstić information content (AvgIpc) is 3.12. The Hall–Kier alpha value is -1.75. The number of primary amides is 1. The Labute approximate surface area is 197 Å². The molecule has 1 unspecified atom stereocenters. The molecule has 1 aromatic carbocycles. The summed E-state index contributed by atoms with van der Waals surface area (Å²) < 4.78 is 10.7. The van der Waals surface area contributed by atoms with Crippen LogP contribution in [0.1, 0.15) is 32.8 Å². The molecule has 1 amide bonds. The van der Waals surface area contributed by atoms with E-state index in [0.29, 0.717) is 6.54 Å². The predicted molar refractivity (Wildman–Crippen MR) is 131 cm³/mol. The van der Waals surface area contributed by atoms with E-state index in [2.05, 4.69) is 20.5 Å². The van der Waals surface area contributed by atoms with Crippen LogP contribution in [0.5, 0.6) is 11.5 Å². The van der Waals surface area contributed by atoms with Gasteiger partial charge in [0.05, 0.1) is 26.2 Å². The molecule has 0 spiro atoms. The Kier molecular flexibility index (Phi) is 10.7. The number of nitrogens with zero attached hydrogens (tertiary/aromatic N) is 2. The Bertz CT molecular complexity index is 704. The number of rotatable bonds is 9. The number of nitrogens with two attached hydrogens (primary N) is 1. The van der Waals surface area contributed by atoms with Crippen molar-refractivity contribution in [2.45, 2.75) is 39.8 Å². The molecule has 0 aliphatic carbocycles. The first-order valence-electron chi connectivity index (χ1n) is 10.1. The van der Waals surface area contributed by atoms with Gasteiger partial charge in [-0.2, -0.15) is 0 Å². The van der Waals surface area contributed by atoms with Crippen LogP contribution in [0.4, 0.5) is 0 Å². The molecule has 1 heterocycles. The minimum atomic E-state index is -0.671. The van der Waals surface area contributed by atoms with Crippen LogP contribution in [0.3, 0.4) is 0 Å². The van der Waals surface area contributed by atoms with Crippen LogP contribution in [0.2, 0.25) is 0 Å². The van der Waals surface area contributed by atoms with Crippen LogP contribution in [-0.4, -0.2) is 63.2 Å². The van der Waals surface area contributed by atoms with Gasteiger partial charge < -0.3 is 25.8 Å². The number of halogens is 1. The Morgan fingerprint density at radius 1 is 1.27 bits per heavy atom. The van der Waals surface area contributed by atoms with Crippen LogP contribution in [0.25, 0.3) is 0 Å². The van der Waals surface area contributed by atoms with Crippen molar-refractivity contribution in [3.05, 3.63) is 23.8 Å². The largest absolute Gasteiger partial charge is 0.497 e. The number of carbonyl (C=O) groups is 1. The first-order valence-corrected chi connectivity index (χ1v) is 10.1. The van der Waals surface area contributed by atoms with E-state index < -0.39 is 5.41 Å². The van der Waals surface area contributed by atoms with E-state index in [4.69, 9.17) is 15.2 Å². The lowest BCUT2D eigenvalue weighted by Crippen LogP contribution is -2.45. The fourth-order valence-electron chi connectivity index (χ4n) is 3.18. The van der Waals surface area contributed by atoms with Gasteiger partial charge in [-0.05, 0) is 44.9 Å². The second-order valence-corrected chi connectivity index (χ2v) is 8.03. The molecule has 170 valence electrons. The second kappa shape index (κ2) is 12.2. The maximum absolute atomic E-state index is 11.5. The third-order valence-corrected chi connectivity index (χ3v) is 5.07. The van der Waals surface area contributed by atoms with Crippen molar-refractivity contribution in [3.63, 3.8) is 0 Å². The Balaban J connectivity index is 0.00000450. The van der Waals surface area contributed by atoms with Crippen molar-refractivity contribution >= 4 is 35.8 Å². The smallest absolute Gasteiger partial charge is 0.224 e. The van der Waals surface area contributed by atoms with Gasteiger partial charge in [-0.1, -0.05) is 0 Å². The van der Waals surface area contributed by atoms with Gasteiger partial charge in [0.25, 0.3) is 0 Å². The lowest BCUT2D eigenvalue weighted by molar-refractivity contribution is -0.125. The molecule has 1 aliphatic rings. The topological polar surface area (TPSA) is 101 Å². The van der Waals surface area contributed by atoms with Crippen LogP contribution < -0.4 is 25.8 Å². The van der Waals surface area contributed by atoms with Crippen LogP contribution in [-0.2, 0) is 11.3 Å². The van der Waals surface area contributed by atoms with Crippen molar-refractivity contribution < 1.29 is 14.3 Å². The predicted octanol–water partition coefficient (Wildman–Crippen LogP) is 1.96.